The van der Waals surface area contributed by atoms with Gasteiger partial charge in [0.15, 0.2) is 12.4 Å². The van der Waals surface area contributed by atoms with Crippen LogP contribution in [-0.4, -0.2) is 64.7 Å². The molecule has 0 amide bonds. The molecular weight excluding hydrogens is 280 g/mol. The second kappa shape index (κ2) is 7.33. The lowest BCUT2D eigenvalue weighted by Crippen LogP contribution is -2.55. The number of allylic oxidation sites excluding steroid dienone is 1. The van der Waals surface area contributed by atoms with Crippen molar-refractivity contribution >= 4 is 5.97 Å². The molecule has 0 spiro atoms. The molecule has 0 aromatic heterocycles. The van der Waals surface area contributed by atoms with Gasteiger partial charge in [0.1, 0.15) is 18.3 Å². The van der Waals surface area contributed by atoms with Crippen molar-refractivity contribution in [3.8, 4) is 0 Å². The molecule has 6 atom stereocenters. The van der Waals surface area contributed by atoms with Crippen molar-refractivity contribution in [3.05, 3.63) is 12.2 Å². The van der Waals surface area contributed by atoms with Crippen molar-refractivity contribution in [1.82, 2.24) is 0 Å². The minimum atomic E-state index is -1.20. The second-order valence-corrected chi connectivity index (χ2v) is 5.44. The van der Waals surface area contributed by atoms with Crippen LogP contribution in [0.2, 0.25) is 0 Å². The fraction of sp³-hybridized carbons (Fsp3) is 0.786. The molecule has 2 aliphatic rings. The van der Waals surface area contributed by atoms with E-state index in [-0.39, 0.29) is 12.7 Å². The third-order valence-corrected chi connectivity index (χ3v) is 3.57. The number of ether oxygens (including phenoxy) is 3. The molecule has 2 saturated heterocycles. The second-order valence-electron chi connectivity index (χ2n) is 5.44. The summed E-state index contributed by atoms with van der Waals surface area (Å²) >= 11 is 0. The number of fused-ring (bicyclic) bond motifs is 2. The smallest absolute Gasteiger partial charge is 0.330 e. The van der Waals surface area contributed by atoms with E-state index in [1.165, 1.54) is 6.08 Å². The van der Waals surface area contributed by atoms with E-state index in [1.807, 2.05) is 0 Å². The van der Waals surface area contributed by atoms with E-state index in [1.54, 1.807) is 13.0 Å². The van der Waals surface area contributed by atoms with Gasteiger partial charge in [-0.1, -0.05) is 6.08 Å². The Balaban J connectivity index is 1.78. The summed E-state index contributed by atoms with van der Waals surface area (Å²) in [6.45, 7) is 1.88. The highest BCUT2D eigenvalue weighted by molar-refractivity contribution is 5.82. The summed E-state index contributed by atoms with van der Waals surface area (Å²) in [7, 11) is 0. The monoisotopic (exact) mass is 302 g/mol. The average molecular weight is 302 g/mol. The van der Waals surface area contributed by atoms with Crippen molar-refractivity contribution in [2.24, 2.45) is 0 Å². The molecule has 21 heavy (non-hydrogen) atoms. The molecule has 0 aliphatic carbocycles. The number of esters is 1. The molecule has 2 aliphatic heterocycles. The molecule has 2 heterocycles. The molecular formula is C14H22O7. The zero-order valence-corrected chi connectivity index (χ0v) is 11.9. The molecule has 7 nitrogen and oxygen atoms in total. The maximum atomic E-state index is 11.7. The first kappa shape index (κ1) is 16.4. The van der Waals surface area contributed by atoms with Gasteiger partial charge >= 0.3 is 5.97 Å². The first-order valence-corrected chi connectivity index (χ1v) is 7.17. The van der Waals surface area contributed by atoms with Gasteiger partial charge in [-0.05, 0) is 26.2 Å². The number of aliphatic hydroxyl groups excluding tert-OH is 3. The van der Waals surface area contributed by atoms with E-state index >= 15 is 0 Å². The summed E-state index contributed by atoms with van der Waals surface area (Å²) < 4.78 is 15.4. The molecule has 7 heteroatoms. The van der Waals surface area contributed by atoms with Crippen molar-refractivity contribution < 1.29 is 34.3 Å². The standard InChI is InChI=1S/C14H22O7/c1-8(15)5-3-2-4-6-10(16)21-13-11(17)9-7-19-14(20-9)12(13)18/h4,6,8-9,11-15,17-18H,2-3,5,7H2,1H3/t8-,9?,11?,12?,13?,14?/m1/s1. The summed E-state index contributed by atoms with van der Waals surface area (Å²) in [5.74, 6) is -0.628. The van der Waals surface area contributed by atoms with Gasteiger partial charge in [-0.3, -0.25) is 0 Å². The van der Waals surface area contributed by atoms with Gasteiger partial charge in [0.2, 0.25) is 0 Å². The number of hydrogen-bond acceptors (Lipinski definition) is 7. The van der Waals surface area contributed by atoms with Gasteiger partial charge in [0.25, 0.3) is 0 Å². The number of carbonyl (C=O) groups is 1. The third-order valence-electron chi connectivity index (χ3n) is 3.57. The van der Waals surface area contributed by atoms with Crippen LogP contribution in [-0.2, 0) is 19.0 Å². The van der Waals surface area contributed by atoms with E-state index in [0.717, 1.165) is 6.42 Å². The van der Waals surface area contributed by atoms with Gasteiger partial charge < -0.3 is 29.5 Å². The zero-order chi connectivity index (χ0) is 15.4. The van der Waals surface area contributed by atoms with Crippen LogP contribution in [0.4, 0.5) is 0 Å². The number of hydrogen-bond donors (Lipinski definition) is 3. The summed E-state index contributed by atoms with van der Waals surface area (Å²) in [5.41, 5.74) is 0. The molecule has 120 valence electrons. The number of carbonyl (C=O) groups excluding carboxylic acids is 1. The number of unbranched alkanes of at least 4 members (excludes halogenated alkanes) is 1. The highest BCUT2D eigenvalue weighted by atomic mass is 16.7. The lowest BCUT2D eigenvalue weighted by molar-refractivity contribution is -0.236. The van der Waals surface area contributed by atoms with Crippen LogP contribution in [0.5, 0.6) is 0 Å². The van der Waals surface area contributed by atoms with Gasteiger partial charge in [0.05, 0.1) is 12.7 Å². The lowest BCUT2D eigenvalue weighted by atomic mass is 10.0. The fourth-order valence-electron chi connectivity index (χ4n) is 2.39. The first-order chi connectivity index (χ1) is 9.99. The Labute approximate surface area is 123 Å². The highest BCUT2D eigenvalue weighted by Gasteiger charge is 2.51. The topological polar surface area (TPSA) is 105 Å². The van der Waals surface area contributed by atoms with Crippen LogP contribution >= 0.6 is 0 Å². The molecule has 0 aromatic rings. The predicted molar refractivity (Wildman–Crippen MR) is 71.2 cm³/mol. The predicted octanol–water partition coefficient (Wildman–Crippen LogP) is -0.518. The SMILES string of the molecule is C[C@@H](O)CCCC=CC(=O)OC1C(O)C2COC(O2)C1O. The maximum Gasteiger partial charge on any atom is 0.330 e. The van der Waals surface area contributed by atoms with Crippen molar-refractivity contribution in [1.29, 1.82) is 0 Å². The van der Waals surface area contributed by atoms with Crippen molar-refractivity contribution in [2.75, 3.05) is 6.61 Å². The molecule has 0 saturated carbocycles. The van der Waals surface area contributed by atoms with Crippen LogP contribution in [0.15, 0.2) is 12.2 Å². The summed E-state index contributed by atoms with van der Waals surface area (Å²) in [4.78, 5) is 11.7. The normalized spacial score (nSPS) is 36.9. The molecule has 2 bridgehead atoms. The number of rotatable bonds is 6. The lowest BCUT2D eigenvalue weighted by Gasteiger charge is -2.34. The van der Waals surface area contributed by atoms with Gasteiger partial charge in [-0.2, -0.15) is 0 Å². The van der Waals surface area contributed by atoms with Crippen molar-refractivity contribution in [3.63, 3.8) is 0 Å². The molecule has 0 radical (unpaired) electrons. The number of aliphatic hydroxyl groups is 3. The van der Waals surface area contributed by atoms with Crippen LogP contribution in [0.3, 0.4) is 0 Å². The third kappa shape index (κ3) is 4.24. The Morgan fingerprint density at radius 2 is 2.19 bits per heavy atom. The molecule has 0 aromatic carbocycles. The van der Waals surface area contributed by atoms with Gasteiger partial charge in [-0.25, -0.2) is 4.79 Å². The van der Waals surface area contributed by atoms with Crippen LogP contribution < -0.4 is 0 Å². The Morgan fingerprint density at radius 3 is 2.90 bits per heavy atom. The Kier molecular flexibility index (Phi) is 5.72. The Morgan fingerprint density at radius 1 is 1.43 bits per heavy atom. The fourth-order valence-corrected chi connectivity index (χ4v) is 2.39. The molecule has 5 unspecified atom stereocenters. The van der Waals surface area contributed by atoms with Crippen LogP contribution in [0.1, 0.15) is 26.2 Å². The summed E-state index contributed by atoms with van der Waals surface area (Å²) in [6.07, 6.45) is -0.158. The van der Waals surface area contributed by atoms with E-state index in [9.17, 15) is 15.0 Å². The Bertz CT molecular complexity index is 366. The van der Waals surface area contributed by atoms with E-state index in [4.69, 9.17) is 19.3 Å². The first-order valence-electron chi connectivity index (χ1n) is 7.17. The Hall–Kier alpha value is -0.990. The quantitative estimate of drug-likeness (QED) is 0.344. The molecule has 2 fully saturated rings. The van der Waals surface area contributed by atoms with Crippen LogP contribution in [0, 0.1) is 0 Å². The largest absolute Gasteiger partial charge is 0.453 e. The van der Waals surface area contributed by atoms with Gasteiger partial charge in [0, 0.05) is 6.08 Å². The van der Waals surface area contributed by atoms with Crippen LogP contribution in [0.25, 0.3) is 0 Å². The van der Waals surface area contributed by atoms with E-state index in [0.29, 0.717) is 12.8 Å². The van der Waals surface area contributed by atoms with E-state index < -0.39 is 36.7 Å². The summed E-state index contributed by atoms with van der Waals surface area (Å²) in [5, 5.41) is 29.0. The zero-order valence-electron chi connectivity index (χ0n) is 11.9. The molecule has 3 N–H and O–H groups in total. The molecule has 2 rings (SSSR count). The van der Waals surface area contributed by atoms with E-state index in [2.05, 4.69) is 0 Å². The highest BCUT2D eigenvalue weighted by Crippen LogP contribution is 2.29. The average Bonchev–Trinajstić information content (AvgIpc) is 2.88. The van der Waals surface area contributed by atoms with Crippen molar-refractivity contribution in [2.45, 2.75) is 63.0 Å². The van der Waals surface area contributed by atoms with Gasteiger partial charge in [-0.15, -0.1) is 0 Å². The minimum absolute atomic E-state index is 0.173. The minimum Gasteiger partial charge on any atom is -0.453 e. The summed E-state index contributed by atoms with van der Waals surface area (Å²) in [6, 6.07) is 0. The maximum absolute atomic E-state index is 11.7.